The van der Waals surface area contributed by atoms with Gasteiger partial charge in [-0.15, -0.1) is 13.2 Å². The molecule has 0 aliphatic heterocycles. The predicted octanol–water partition coefficient (Wildman–Crippen LogP) is 3.27. The fourth-order valence-electron chi connectivity index (χ4n) is 1.06. The molecule has 0 atom stereocenters. The van der Waals surface area contributed by atoms with Crippen LogP contribution >= 0.6 is 11.6 Å². The van der Waals surface area contributed by atoms with Crippen molar-refractivity contribution in [2.75, 3.05) is 0 Å². The lowest BCUT2D eigenvalue weighted by atomic mass is 10.1. The molecular formula is C8H3ClF5NO3. The van der Waals surface area contributed by atoms with E-state index in [2.05, 4.69) is 9.72 Å². The second-order valence-corrected chi connectivity index (χ2v) is 3.22. The molecule has 0 bridgehead atoms. The van der Waals surface area contributed by atoms with Gasteiger partial charge in [0.1, 0.15) is 5.15 Å². The highest BCUT2D eigenvalue weighted by atomic mass is 35.5. The maximum Gasteiger partial charge on any atom is 0.574 e. The van der Waals surface area contributed by atoms with Crippen LogP contribution in [0.1, 0.15) is 22.3 Å². The van der Waals surface area contributed by atoms with Gasteiger partial charge in [-0.1, -0.05) is 11.6 Å². The van der Waals surface area contributed by atoms with Crippen LogP contribution in [0.4, 0.5) is 22.0 Å². The summed E-state index contributed by atoms with van der Waals surface area (Å²) < 4.78 is 63.8. The Labute approximate surface area is 101 Å². The van der Waals surface area contributed by atoms with Crippen LogP contribution in [-0.2, 0) is 0 Å². The van der Waals surface area contributed by atoms with Gasteiger partial charge in [-0.25, -0.2) is 18.6 Å². The number of pyridine rings is 1. The van der Waals surface area contributed by atoms with Crippen molar-refractivity contribution < 1.29 is 36.6 Å². The first-order chi connectivity index (χ1) is 8.11. The lowest BCUT2D eigenvalue weighted by Gasteiger charge is -2.11. The van der Waals surface area contributed by atoms with E-state index in [4.69, 9.17) is 16.7 Å². The summed E-state index contributed by atoms with van der Waals surface area (Å²) in [6.07, 6.45) is -8.44. The van der Waals surface area contributed by atoms with Crippen molar-refractivity contribution in [3.05, 3.63) is 22.3 Å². The molecule has 1 rings (SSSR count). The van der Waals surface area contributed by atoms with Crippen molar-refractivity contribution >= 4 is 17.6 Å². The molecule has 0 aliphatic rings. The van der Waals surface area contributed by atoms with Crippen molar-refractivity contribution in [2.24, 2.45) is 0 Å². The third kappa shape index (κ3) is 3.42. The largest absolute Gasteiger partial charge is 0.574 e. The summed E-state index contributed by atoms with van der Waals surface area (Å²) in [4.78, 5) is 13.5. The first-order valence-corrected chi connectivity index (χ1v) is 4.47. The zero-order valence-corrected chi connectivity index (χ0v) is 8.89. The number of ether oxygens (including phenoxy) is 1. The molecule has 1 N–H and O–H groups in total. The lowest BCUT2D eigenvalue weighted by Crippen LogP contribution is -2.19. The zero-order chi connectivity index (χ0) is 14.1. The summed E-state index contributed by atoms with van der Waals surface area (Å²) in [6.45, 7) is 0. The van der Waals surface area contributed by atoms with Crippen LogP contribution in [0.25, 0.3) is 0 Å². The molecule has 0 spiro atoms. The molecule has 0 saturated carbocycles. The highest BCUT2D eigenvalue weighted by molar-refractivity contribution is 6.30. The maximum atomic E-state index is 12.5. The molecule has 1 aromatic rings. The fourth-order valence-corrected chi connectivity index (χ4v) is 1.32. The monoisotopic (exact) mass is 291 g/mol. The van der Waals surface area contributed by atoms with Crippen molar-refractivity contribution in [1.29, 1.82) is 0 Å². The number of carboxylic acids is 1. The number of carboxylic acid groups (broad SMARTS) is 1. The first kappa shape index (κ1) is 14.4. The smallest absolute Gasteiger partial charge is 0.478 e. The van der Waals surface area contributed by atoms with Crippen molar-refractivity contribution in [1.82, 2.24) is 4.98 Å². The number of rotatable bonds is 3. The van der Waals surface area contributed by atoms with E-state index in [0.717, 1.165) is 0 Å². The average Bonchev–Trinajstić information content (AvgIpc) is 2.12. The summed E-state index contributed by atoms with van der Waals surface area (Å²) in [5.74, 6) is -3.10. The highest BCUT2D eigenvalue weighted by Gasteiger charge is 2.33. The fraction of sp³-hybridized carbons (Fsp3) is 0.250. The van der Waals surface area contributed by atoms with Gasteiger partial charge < -0.3 is 9.84 Å². The molecule has 0 unspecified atom stereocenters. The standard InChI is InChI=1S/C8H3ClF5NO3/c9-5-4(6(10)11)2(7(16)17)1-3(15-5)18-8(12,13)14/h1,6H,(H,16,17). The number of alkyl halides is 5. The Morgan fingerprint density at radius 3 is 2.39 bits per heavy atom. The van der Waals surface area contributed by atoms with E-state index < -0.39 is 40.9 Å². The van der Waals surface area contributed by atoms with Gasteiger partial charge in [-0.05, 0) is 0 Å². The van der Waals surface area contributed by atoms with Crippen LogP contribution in [0.15, 0.2) is 6.07 Å². The Kier molecular flexibility index (Phi) is 3.95. The number of aromatic nitrogens is 1. The van der Waals surface area contributed by atoms with Gasteiger partial charge in [0.05, 0.1) is 11.1 Å². The molecule has 4 nitrogen and oxygen atoms in total. The van der Waals surface area contributed by atoms with Gasteiger partial charge in [0.25, 0.3) is 6.43 Å². The Hall–Kier alpha value is -1.64. The van der Waals surface area contributed by atoms with E-state index in [0.29, 0.717) is 0 Å². The molecule has 0 amide bonds. The number of halogens is 6. The Morgan fingerprint density at radius 1 is 1.44 bits per heavy atom. The topological polar surface area (TPSA) is 59.4 Å². The van der Waals surface area contributed by atoms with Gasteiger partial charge in [0.2, 0.25) is 5.88 Å². The Balaban J connectivity index is 3.32. The first-order valence-electron chi connectivity index (χ1n) is 4.09. The summed E-state index contributed by atoms with van der Waals surface area (Å²) in [5.41, 5.74) is -2.28. The van der Waals surface area contributed by atoms with Gasteiger partial charge >= 0.3 is 12.3 Å². The maximum absolute atomic E-state index is 12.5. The van der Waals surface area contributed by atoms with E-state index in [9.17, 15) is 26.7 Å². The quantitative estimate of drug-likeness (QED) is 0.686. The van der Waals surface area contributed by atoms with Crippen LogP contribution < -0.4 is 4.74 Å². The summed E-state index contributed by atoms with van der Waals surface area (Å²) >= 11 is 5.20. The second-order valence-electron chi connectivity index (χ2n) is 2.87. The Bertz CT molecular complexity index is 477. The molecule has 100 valence electrons. The van der Waals surface area contributed by atoms with Gasteiger partial charge in [-0.2, -0.15) is 0 Å². The van der Waals surface area contributed by atoms with Crippen LogP contribution in [0.5, 0.6) is 5.88 Å². The van der Waals surface area contributed by atoms with Crippen LogP contribution in [0.2, 0.25) is 5.15 Å². The third-order valence-corrected chi connectivity index (χ3v) is 1.95. The minimum Gasteiger partial charge on any atom is -0.478 e. The molecule has 18 heavy (non-hydrogen) atoms. The number of nitrogens with zero attached hydrogens (tertiary/aromatic N) is 1. The summed E-state index contributed by atoms with van der Waals surface area (Å²) in [7, 11) is 0. The van der Waals surface area contributed by atoms with Gasteiger partial charge in [0, 0.05) is 6.07 Å². The van der Waals surface area contributed by atoms with Crippen molar-refractivity contribution in [2.45, 2.75) is 12.8 Å². The number of carbonyl (C=O) groups is 1. The Morgan fingerprint density at radius 2 is 2.00 bits per heavy atom. The average molecular weight is 292 g/mol. The van der Waals surface area contributed by atoms with E-state index in [1.807, 2.05) is 0 Å². The van der Waals surface area contributed by atoms with Crippen LogP contribution in [-0.4, -0.2) is 22.4 Å². The summed E-state index contributed by atoms with van der Waals surface area (Å²) in [5, 5.41) is 7.54. The number of hydrogen-bond donors (Lipinski definition) is 1. The molecule has 0 saturated heterocycles. The van der Waals surface area contributed by atoms with E-state index in [-0.39, 0.29) is 6.07 Å². The van der Waals surface area contributed by atoms with E-state index in [1.165, 1.54) is 0 Å². The SMILES string of the molecule is O=C(O)c1cc(OC(F)(F)F)nc(Cl)c1C(F)F. The minimum atomic E-state index is -5.14. The molecule has 10 heteroatoms. The molecular weight excluding hydrogens is 289 g/mol. The summed E-state index contributed by atoms with van der Waals surface area (Å²) in [6, 6.07) is 0.225. The van der Waals surface area contributed by atoms with Crippen LogP contribution in [0.3, 0.4) is 0 Å². The highest BCUT2D eigenvalue weighted by Crippen LogP contribution is 2.33. The minimum absolute atomic E-state index is 0.225. The van der Waals surface area contributed by atoms with Gasteiger partial charge in [0.15, 0.2) is 0 Å². The molecule has 0 radical (unpaired) electrons. The predicted molar refractivity (Wildman–Crippen MR) is 47.8 cm³/mol. The van der Waals surface area contributed by atoms with Crippen molar-refractivity contribution in [3.63, 3.8) is 0 Å². The molecule has 0 aliphatic carbocycles. The van der Waals surface area contributed by atoms with E-state index in [1.54, 1.807) is 0 Å². The normalized spacial score (nSPS) is 11.7. The molecule has 0 fully saturated rings. The molecule has 1 heterocycles. The molecule has 1 aromatic heterocycles. The van der Waals surface area contributed by atoms with Crippen LogP contribution in [0, 0.1) is 0 Å². The van der Waals surface area contributed by atoms with Gasteiger partial charge in [-0.3, -0.25) is 0 Å². The van der Waals surface area contributed by atoms with Crippen molar-refractivity contribution in [3.8, 4) is 5.88 Å². The zero-order valence-electron chi connectivity index (χ0n) is 8.13. The lowest BCUT2D eigenvalue weighted by molar-refractivity contribution is -0.276. The second kappa shape index (κ2) is 4.92. The number of aromatic carboxylic acids is 1. The third-order valence-electron chi connectivity index (χ3n) is 1.66. The molecule has 0 aromatic carbocycles. The number of hydrogen-bond acceptors (Lipinski definition) is 3. The van der Waals surface area contributed by atoms with E-state index >= 15 is 0 Å².